The van der Waals surface area contributed by atoms with Gasteiger partial charge in [-0.05, 0) is 19.9 Å². The number of nitrogens with zero attached hydrogens (tertiary/aromatic N) is 2. The molecule has 0 atom stereocenters. The summed E-state index contributed by atoms with van der Waals surface area (Å²) in [5.41, 5.74) is 6.78. The molecule has 1 amide bonds. The zero-order valence-electron chi connectivity index (χ0n) is 10.6. The number of amides is 1. The topological polar surface area (TPSA) is 90.1 Å². The van der Waals surface area contributed by atoms with Crippen LogP contribution in [0.25, 0.3) is 0 Å². The number of anilines is 2. The molecule has 0 radical (unpaired) electrons. The van der Waals surface area contributed by atoms with E-state index in [9.17, 15) is 4.79 Å². The number of carbonyl (C=O) groups is 1. The van der Waals surface area contributed by atoms with Crippen LogP contribution in [0.4, 0.5) is 10.8 Å². The predicted octanol–water partition coefficient (Wildman–Crippen LogP) is 2.08. The van der Waals surface area contributed by atoms with Gasteiger partial charge in [0.05, 0.1) is 24.2 Å². The van der Waals surface area contributed by atoms with Crippen molar-refractivity contribution in [2.24, 2.45) is 0 Å². The Morgan fingerprint density at radius 1 is 1.53 bits per heavy atom. The lowest BCUT2D eigenvalue weighted by molar-refractivity contribution is 0.102. The van der Waals surface area contributed by atoms with Crippen LogP contribution in [-0.4, -0.2) is 22.5 Å². The van der Waals surface area contributed by atoms with Gasteiger partial charge in [-0.1, -0.05) is 11.3 Å². The van der Waals surface area contributed by atoms with Gasteiger partial charge in [-0.2, -0.15) is 0 Å². The molecule has 0 spiro atoms. The maximum atomic E-state index is 12.0. The zero-order valence-corrected chi connectivity index (χ0v) is 11.5. The summed E-state index contributed by atoms with van der Waals surface area (Å²) < 4.78 is 5.22. The molecule has 6 nitrogen and oxygen atoms in total. The van der Waals surface area contributed by atoms with E-state index in [1.165, 1.54) is 0 Å². The first-order valence-electron chi connectivity index (χ1n) is 5.73. The van der Waals surface area contributed by atoms with Crippen molar-refractivity contribution in [2.45, 2.75) is 13.8 Å². The van der Waals surface area contributed by atoms with E-state index in [4.69, 9.17) is 10.5 Å². The third-order valence-electron chi connectivity index (χ3n) is 2.31. The second kappa shape index (κ2) is 5.66. The quantitative estimate of drug-likeness (QED) is 0.893. The smallest absolute Gasteiger partial charge is 0.267 e. The molecule has 2 rings (SSSR count). The summed E-state index contributed by atoms with van der Waals surface area (Å²) in [6.07, 6.45) is 1.54. The Labute approximate surface area is 114 Å². The summed E-state index contributed by atoms with van der Waals surface area (Å²) in [7, 11) is 0. The molecule has 0 fully saturated rings. The fraction of sp³-hybridized carbons (Fsp3) is 0.250. The Bertz CT molecular complexity index is 580. The second-order valence-corrected chi connectivity index (χ2v) is 4.77. The van der Waals surface area contributed by atoms with Crippen molar-refractivity contribution < 1.29 is 9.53 Å². The maximum Gasteiger partial charge on any atom is 0.267 e. The van der Waals surface area contributed by atoms with Crippen molar-refractivity contribution in [3.05, 3.63) is 28.9 Å². The molecule has 2 aromatic rings. The van der Waals surface area contributed by atoms with Gasteiger partial charge in [0.1, 0.15) is 4.88 Å². The minimum absolute atomic E-state index is 0.238. The zero-order chi connectivity index (χ0) is 13.8. The van der Waals surface area contributed by atoms with E-state index in [0.717, 1.165) is 11.3 Å². The molecular formula is C12H14N4O2S. The molecule has 2 aromatic heterocycles. The first kappa shape index (κ1) is 13.3. The van der Waals surface area contributed by atoms with Gasteiger partial charge in [-0.15, -0.1) is 0 Å². The third-order valence-corrected chi connectivity index (χ3v) is 3.29. The molecular weight excluding hydrogens is 264 g/mol. The van der Waals surface area contributed by atoms with Crippen LogP contribution in [0.2, 0.25) is 0 Å². The Morgan fingerprint density at radius 3 is 2.84 bits per heavy atom. The highest BCUT2D eigenvalue weighted by atomic mass is 32.1. The van der Waals surface area contributed by atoms with Gasteiger partial charge in [-0.25, -0.2) is 9.97 Å². The van der Waals surface area contributed by atoms with Gasteiger partial charge < -0.3 is 15.8 Å². The van der Waals surface area contributed by atoms with Crippen molar-refractivity contribution in [3.63, 3.8) is 0 Å². The van der Waals surface area contributed by atoms with Crippen molar-refractivity contribution in [1.82, 2.24) is 9.97 Å². The molecule has 100 valence electrons. The highest BCUT2D eigenvalue weighted by Crippen LogP contribution is 2.21. The minimum Gasteiger partial charge on any atom is -0.478 e. The van der Waals surface area contributed by atoms with Crippen molar-refractivity contribution in [2.75, 3.05) is 17.7 Å². The lowest BCUT2D eigenvalue weighted by atomic mass is 10.3. The number of thiazole rings is 1. The molecule has 0 bridgehead atoms. The van der Waals surface area contributed by atoms with Gasteiger partial charge in [0.15, 0.2) is 5.13 Å². The van der Waals surface area contributed by atoms with Crippen LogP contribution in [0, 0.1) is 6.92 Å². The normalized spacial score (nSPS) is 10.2. The van der Waals surface area contributed by atoms with Crippen LogP contribution in [-0.2, 0) is 0 Å². The van der Waals surface area contributed by atoms with E-state index in [-0.39, 0.29) is 5.91 Å². The largest absolute Gasteiger partial charge is 0.478 e. The number of nitrogens with one attached hydrogen (secondary N) is 1. The Morgan fingerprint density at radius 2 is 2.32 bits per heavy atom. The number of nitrogens with two attached hydrogens (primary N) is 1. The van der Waals surface area contributed by atoms with E-state index in [1.807, 2.05) is 6.92 Å². The monoisotopic (exact) mass is 278 g/mol. The first-order valence-corrected chi connectivity index (χ1v) is 6.55. The maximum absolute atomic E-state index is 12.0. The number of hydrogen-bond acceptors (Lipinski definition) is 6. The summed E-state index contributed by atoms with van der Waals surface area (Å²) in [6, 6.07) is 3.43. The SMILES string of the molecule is CCOc1ccc(NC(=O)c2sc(N)nc2C)cn1. The number of carbonyl (C=O) groups excluding carboxylic acids is 1. The lowest BCUT2D eigenvalue weighted by Gasteiger charge is -2.05. The summed E-state index contributed by atoms with van der Waals surface area (Å²) in [5, 5.41) is 3.12. The van der Waals surface area contributed by atoms with Crippen LogP contribution < -0.4 is 15.8 Å². The number of aromatic nitrogens is 2. The Hall–Kier alpha value is -2.15. The standard InChI is InChI=1S/C12H14N4O2S/c1-3-18-9-5-4-8(6-14-9)16-11(17)10-7(2)15-12(13)19-10/h4-6H,3H2,1-2H3,(H2,13,15)(H,16,17). The fourth-order valence-electron chi connectivity index (χ4n) is 1.50. The van der Waals surface area contributed by atoms with E-state index in [1.54, 1.807) is 25.3 Å². The summed E-state index contributed by atoms with van der Waals surface area (Å²) in [5.74, 6) is 0.288. The van der Waals surface area contributed by atoms with Gasteiger partial charge in [0.25, 0.3) is 5.91 Å². The molecule has 3 N–H and O–H groups in total. The Kier molecular flexibility index (Phi) is 3.96. The summed E-state index contributed by atoms with van der Waals surface area (Å²) in [6.45, 7) is 4.19. The van der Waals surface area contributed by atoms with Crippen molar-refractivity contribution in [3.8, 4) is 5.88 Å². The van der Waals surface area contributed by atoms with Crippen LogP contribution in [0.3, 0.4) is 0 Å². The predicted molar refractivity (Wildman–Crippen MR) is 74.6 cm³/mol. The fourth-order valence-corrected chi connectivity index (χ4v) is 2.23. The molecule has 0 unspecified atom stereocenters. The average molecular weight is 278 g/mol. The molecule has 2 heterocycles. The number of hydrogen-bond donors (Lipinski definition) is 2. The molecule has 0 aromatic carbocycles. The molecule has 19 heavy (non-hydrogen) atoms. The third kappa shape index (κ3) is 3.19. The van der Waals surface area contributed by atoms with Crippen LogP contribution >= 0.6 is 11.3 Å². The molecule has 0 aliphatic heterocycles. The second-order valence-electron chi connectivity index (χ2n) is 3.74. The number of ether oxygens (including phenoxy) is 1. The van der Waals surface area contributed by atoms with Gasteiger partial charge in [0.2, 0.25) is 5.88 Å². The van der Waals surface area contributed by atoms with E-state index in [2.05, 4.69) is 15.3 Å². The van der Waals surface area contributed by atoms with Gasteiger partial charge in [0, 0.05) is 6.07 Å². The summed E-state index contributed by atoms with van der Waals surface area (Å²) >= 11 is 1.16. The number of aryl methyl sites for hydroxylation is 1. The lowest BCUT2D eigenvalue weighted by Crippen LogP contribution is -2.11. The number of rotatable bonds is 4. The highest BCUT2D eigenvalue weighted by Gasteiger charge is 2.14. The van der Waals surface area contributed by atoms with E-state index in [0.29, 0.717) is 33.9 Å². The molecule has 0 saturated heterocycles. The number of pyridine rings is 1. The average Bonchev–Trinajstić information content (AvgIpc) is 2.71. The van der Waals surface area contributed by atoms with E-state index < -0.39 is 0 Å². The van der Waals surface area contributed by atoms with Crippen LogP contribution in [0.15, 0.2) is 18.3 Å². The van der Waals surface area contributed by atoms with Crippen molar-refractivity contribution >= 4 is 28.1 Å². The van der Waals surface area contributed by atoms with Crippen LogP contribution in [0.5, 0.6) is 5.88 Å². The molecule has 0 saturated carbocycles. The molecule has 7 heteroatoms. The molecule has 0 aliphatic rings. The Balaban J connectivity index is 2.08. The number of nitrogen functional groups attached to an aromatic ring is 1. The van der Waals surface area contributed by atoms with Crippen LogP contribution in [0.1, 0.15) is 22.3 Å². The first-order chi connectivity index (χ1) is 9.10. The summed E-state index contributed by atoms with van der Waals surface area (Å²) in [4.78, 5) is 20.6. The van der Waals surface area contributed by atoms with Gasteiger partial charge >= 0.3 is 0 Å². The van der Waals surface area contributed by atoms with Gasteiger partial charge in [-0.3, -0.25) is 4.79 Å². The molecule has 0 aliphatic carbocycles. The van der Waals surface area contributed by atoms with Crippen molar-refractivity contribution in [1.29, 1.82) is 0 Å². The highest BCUT2D eigenvalue weighted by molar-refractivity contribution is 7.17. The van der Waals surface area contributed by atoms with E-state index >= 15 is 0 Å². The minimum atomic E-state index is -0.238.